The maximum absolute atomic E-state index is 12.2. The Bertz CT molecular complexity index is 872. The van der Waals surface area contributed by atoms with Crippen LogP contribution in [0.2, 0.25) is 0 Å². The van der Waals surface area contributed by atoms with E-state index < -0.39 is 21.5 Å². The molecule has 3 rings (SSSR count). The molecule has 1 amide bonds. The maximum atomic E-state index is 12.2. The van der Waals surface area contributed by atoms with Crippen molar-refractivity contribution in [3.8, 4) is 0 Å². The quantitative estimate of drug-likeness (QED) is 0.818. The van der Waals surface area contributed by atoms with Crippen molar-refractivity contribution in [3.05, 3.63) is 53.4 Å². The average molecular weight is 347 g/mol. The van der Waals surface area contributed by atoms with Gasteiger partial charge in [-0.2, -0.15) is 5.10 Å². The van der Waals surface area contributed by atoms with E-state index in [-0.39, 0.29) is 5.75 Å². The van der Waals surface area contributed by atoms with Crippen molar-refractivity contribution in [1.82, 2.24) is 10.2 Å². The van der Waals surface area contributed by atoms with Crippen molar-refractivity contribution in [2.24, 2.45) is 5.10 Å². The van der Waals surface area contributed by atoms with E-state index in [2.05, 4.69) is 10.3 Å². The summed E-state index contributed by atoms with van der Waals surface area (Å²) < 4.78 is 29.1. The number of hydrogen-bond acceptors (Lipinski definition) is 6. The number of amides is 1. The number of aryl methyl sites for hydroxylation is 1. The first-order valence-electron chi connectivity index (χ1n) is 7.49. The minimum Gasteiger partial charge on any atom is -0.361 e. The lowest BCUT2D eigenvalue weighted by molar-refractivity contribution is -0.127. The molecule has 0 unspecified atom stereocenters. The summed E-state index contributed by atoms with van der Waals surface area (Å²) in [5.74, 6) is -0.909. The Morgan fingerprint density at radius 1 is 1.29 bits per heavy atom. The average Bonchev–Trinajstić information content (AvgIpc) is 3.16. The van der Waals surface area contributed by atoms with Crippen LogP contribution >= 0.6 is 0 Å². The zero-order valence-electron chi connectivity index (χ0n) is 13.2. The van der Waals surface area contributed by atoms with Gasteiger partial charge in [0.2, 0.25) is 0 Å². The molecule has 1 aliphatic heterocycles. The van der Waals surface area contributed by atoms with Gasteiger partial charge < -0.3 is 4.52 Å². The van der Waals surface area contributed by atoms with Gasteiger partial charge in [-0.1, -0.05) is 35.5 Å². The van der Waals surface area contributed by atoms with E-state index in [1.165, 1.54) is 5.01 Å². The summed E-state index contributed by atoms with van der Waals surface area (Å²) in [6.07, 6.45) is 0.609. The van der Waals surface area contributed by atoms with Gasteiger partial charge in [0.25, 0.3) is 5.91 Å². The van der Waals surface area contributed by atoms with E-state index in [1.54, 1.807) is 13.0 Å². The van der Waals surface area contributed by atoms with Crippen LogP contribution in [0, 0.1) is 6.92 Å². The number of aromatic nitrogens is 1. The lowest BCUT2D eigenvalue weighted by atomic mass is 10.1. The third-order valence-electron chi connectivity index (χ3n) is 3.58. The summed E-state index contributed by atoms with van der Waals surface area (Å²) in [4.78, 5) is 12.2. The van der Waals surface area contributed by atoms with E-state index in [1.807, 2.05) is 30.3 Å². The van der Waals surface area contributed by atoms with Gasteiger partial charge in [0, 0.05) is 12.5 Å². The summed E-state index contributed by atoms with van der Waals surface area (Å²) in [6.45, 7) is 2.07. The highest BCUT2D eigenvalue weighted by Gasteiger charge is 2.26. The molecule has 0 saturated carbocycles. The molecule has 24 heavy (non-hydrogen) atoms. The summed E-state index contributed by atoms with van der Waals surface area (Å²) >= 11 is 0. The van der Waals surface area contributed by atoms with Gasteiger partial charge in [0.15, 0.2) is 9.84 Å². The van der Waals surface area contributed by atoms with Crippen LogP contribution in [0.5, 0.6) is 0 Å². The number of carbonyl (C=O) groups excluding carboxylic acids is 1. The summed E-state index contributed by atoms with van der Waals surface area (Å²) in [5.41, 5.74) is 2.03. The number of rotatable bonds is 5. The minimum absolute atomic E-state index is 0.301. The highest BCUT2D eigenvalue weighted by atomic mass is 32.2. The third kappa shape index (κ3) is 3.88. The SMILES string of the molecule is Cc1cc(CS(=O)(=O)CC(=O)N2CCC(c3ccccc3)=N2)no1. The highest BCUT2D eigenvalue weighted by Crippen LogP contribution is 2.15. The molecule has 2 heterocycles. The number of hydrazone groups is 1. The number of nitrogens with zero attached hydrogens (tertiary/aromatic N) is 3. The van der Waals surface area contributed by atoms with Crippen LogP contribution in [-0.4, -0.2) is 42.5 Å². The Kier molecular flexibility index (Phi) is 4.48. The fourth-order valence-electron chi connectivity index (χ4n) is 2.50. The van der Waals surface area contributed by atoms with Crippen molar-refractivity contribution in [2.75, 3.05) is 12.3 Å². The molecule has 1 aliphatic rings. The third-order valence-corrected chi connectivity index (χ3v) is 5.01. The molecular formula is C16H17N3O4S. The number of benzene rings is 1. The lowest BCUT2D eigenvalue weighted by Gasteiger charge is -2.11. The monoisotopic (exact) mass is 347 g/mol. The van der Waals surface area contributed by atoms with E-state index in [0.29, 0.717) is 24.4 Å². The molecule has 2 aromatic rings. The van der Waals surface area contributed by atoms with Crippen molar-refractivity contribution in [3.63, 3.8) is 0 Å². The largest absolute Gasteiger partial charge is 0.361 e. The first kappa shape index (κ1) is 16.4. The molecule has 0 spiro atoms. The lowest BCUT2D eigenvalue weighted by Crippen LogP contribution is -2.30. The van der Waals surface area contributed by atoms with Gasteiger partial charge in [0.1, 0.15) is 11.5 Å². The van der Waals surface area contributed by atoms with Crippen molar-refractivity contribution >= 4 is 21.5 Å². The Labute approximate surface area is 139 Å². The topological polar surface area (TPSA) is 92.8 Å². The van der Waals surface area contributed by atoms with E-state index in [4.69, 9.17) is 4.52 Å². The second-order valence-electron chi connectivity index (χ2n) is 5.64. The van der Waals surface area contributed by atoms with Crippen LogP contribution in [0.15, 0.2) is 46.0 Å². The molecule has 0 aliphatic carbocycles. The zero-order chi connectivity index (χ0) is 17.2. The van der Waals surface area contributed by atoms with Crippen LogP contribution < -0.4 is 0 Å². The van der Waals surface area contributed by atoms with E-state index >= 15 is 0 Å². The molecule has 7 nitrogen and oxygen atoms in total. The molecule has 8 heteroatoms. The van der Waals surface area contributed by atoms with Crippen LogP contribution in [0.25, 0.3) is 0 Å². The zero-order valence-corrected chi connectivity index (χ0v) is 14.0. The van der Waals surface area contributed by atoms with Crippen LogP contribution in [0.4, 0.5) is 0 Å². The Balaban J connectivity index is 1.66. The van der Waals surface area contributed by atoms with Gasteiger partial charge in [-0.25, -0.2) is 13.4 Å². The molecular weight excluding hydrogens is 330 g/mol. The van der Waals surface area contributed by atoms with Gasteiger partial charge in [-0.3, -0.25) is 4.79 Å². The first-order chi connectivity index (χ1) is 11.4. The molecule has 0 atom stereocenters. The molecule has 126 valence electrons. The molecule has 0 fully saturated rings. The highest BCUT2D eigenvalue weighted by molar-refractivity contribution is 7.91. The fraction of sp³-hybridized carbons (Fsp3) is 0.312. The first-order valence-corrected chi connectivity index (χ1v) is 9.31. The van der Waals surface area contributed by atoms with Crippen LogP contribution in [0.1, 0.15) is 23.4 Å². The number of carbonyl (C=O) groups is 1. The fourth-order valence-corrected chi connectivity index (χ4v) is 3.71. The summed E-state index contributed by atoms with van der Waals surface area (Å²) in [7, 11) is -3.62. The Morgan fingerprint density at radius 2 is 2.04 bits per heavy atom. The second kappa shape index (κ2) is 6.56. The van der Waals surface area contributed by atoms with Crippen molar-refractivity contribution < 1.29 is 17.7 Å². The smallest absolute Gasteiger partial charge is 0.257 e. The summed E-state index contributed by atoms with van der Waals surface area (Å²) in [5, 5.41) is 9.14. The Hall–Kier alpha value is -2.48. The van der Waals surface area contributed by atoms with Gasteiger partial charge in [-0.15, -0.1) is 0 Å². The number of sulfone groups is 1. The predicted octanol–water partition coefficient (Wildman–Crippen LogP) is 1.53. The molecule has 1 aromatic heterocycles. The molecule has 0 saturated heterocycles. The minimum atomic E-state index is -3.62. The van der Waals surface area contributed by atoms with Crippen molar-refractivity contribution in [2.45, 2.75) is 19.1 Å². The van der Waals surface area contributed by atoms with E-state index in [0.717, 1.165) is 11.3 Å². The molecule has 1 aromatic carbocycles. The Morgan fingerprint density at radius 3 is 2.71 bits per heavy atom. The van der Waals surface area contributed by atoms with E-state index in [9.17, 15) is 13.2 Å². The number of hydrogen-bond donors (Lipinski definition) is 0. The molecule has 0 N–H and O–H groups in total. The van der Waals surface area contributed by atoms with Crippen molar-refractivity contribution in [1.29, 1.82) is 0 Å². The normalized spacial score (nSPS) is 14.7. The molecule has 0 radical (unpaired) electrons. The van der Waals surface area contributed by atoms with Crippen LogP contribution in [-0.2, 0) is 20.4 Å². The maximum Gasteiger partial charge on any atom is 0.257 e. The van der Waals surface area contributed by atoms with Gasteiger partial charge in [0.05, 0.1) is 23.7 Å². The predicted molar refractivity (Wildman–Crippen MR) is 88.0 cm³/mol. The van der Waals surface area contributed by atoms with Gasteiger partial charge in [-0.05, 0) is 12.5 Å². The molecule has 0 bridgehead atoms. The standard InChI is InChI=1S/C16H17N3O4S/c1-12-9-14(18-23-12)10-24(21,22)11-16(20)19-8-7-15(17-19)13-5-3-2-4-6-13/h2-6,9H,7-8,10-11H2,1H3. The second-order valence-corrected chi connectivity index (χ2v) is 7.71. The van der Waals surface area contributed by atoms with Crippen LogP contribution in [0.3, 0.4) is 0 Å². The van der Waals surface area contributed by atoms with Gasteiger partial charge >= 0.3 is 0 Å². The summed E-state index contributed by atoms with van der Waals surface area (Å²) in [6, 6.07) is 11.1.